The lowest BCUT2D eigenvalue weighted by molar-refractivity contribution is 0.854. The molecule has 0 aliphatic heterocycles. The molecule has 0 fully saturated rings. The average Bonchev–Trinajstić information content (AvgIpc) is 2.80. The Labute approximate surface area is 132 Å². The highest BCUT2D eigenvalue weighted by Crippen LogP contribution is 2.27. The van der Waals surface area contributed by atoms with Crippen LogP contribution in [-0.4, -0.2) is 14.8 Å². The lowest BCUT2D eigenvalue weighted by Crippen LogP contribution is -2.04. The summed E-state index contributed by atoms with van der Waals surface area (Å²) in [5.41, 5.74) is 4.50. The van der Waals surface area contributed by atoms with Gasteiger partial charge in [0.2, 0.25) is 0 Å². The maximum absolute atomic E-state index is 4.60. The number of aryl methyl sites for hydroxylation is 3. The van der Waals surface area contributed by atoms with Gasteiger partial charge in [-0.15, -0.1) is 0 Å². The largest absolute Gasteiger partial charge is 0.212 e. The molecular weight excluding hydrogens is 326 g/mol. The van der Waals surface area contributed by atoms with Gasteiger partial charge >= 0.3 is 0 Å². The number of nitrogens with zero attached hydrogens (tertiary/aromatic N) is 3. The molecule has 0 atom stereocenters. The van der Waals surface area contributed by atoms with E-state index in [2.05, 4.69) is 64.1 Å². The monoisotopic (exact) mass is 341 g/mol. The van der Waals surface area contributed by atoms with Gasteiger partial charge in [0, 0.05) is 10.0 Å². The van der Waals surface area contributed by atoms with Crippen LogP contribution in [0.4, 0.5) is 0 Å². The van der Waals surface area contributed by atoms with Crippen molar-refractivity contribution in [3.63, 3.8) is 0 Å². The molecule has 4 heteroatoms. The van der Waals surface area contributed by atoms with Gasteiger partial charge in [0.1, 0.15) is 5.82 Å². The SMILES string of the molecule is Cc1nc(-c2ccccc2)n(-c2c(C)cc(Br)cc2C)n1. The van der Waals surface area contributed by atoms with Crippen molar-refractivity contribution in [1.29, 1.82) is 0 Å². The second-order valence-corrected chi connectivity index (χ2v) is 6.06. The smallest absolute Gasteiger partial charge is 0.163 e. The Morgan fingerprint density at radius 1 is 0.952 bits per heavy atom. The van der Waals surface area contributed by atoms with Crippen LogP contribution in [0, 0.1) is 20.8 Å². The molecule has 3 aromatic rings. The molecule has 3 rings (SSSR count). The number of hydrogen-bond acceptors (Lipinski definition) is 2. The second kappa shape index (κ2) is 5.45. The van der Waals surface area contributed by atoms with Crippen molar-refractivity contribution in [2.24, 2.45) is 0 Å². The van der Waals surface area contributed by atoms with Crippen LogP contribution in [0.1, 0.15) is 17.0 Å². The first-order chi connectivity index (χ1) is 10.1. The molecule has 1 heterocycles. The van der Waals surface area contributed by atoms with Crippen LogP contribution in [-0.2, 0) is 0 Å². The lowest BCUT2D eigenvalue weighted by Gasteiger charge is -2.13. The van der Waals surface area contributed by atoms with E-state index in [0.717, 1.165) is 27.4 Å². The standard InChI is InChI=1S/C17H16BrN3/c1-11-9-15(18)10-12(2)16(11)21-17(19-13(3)20-21)14-7-5-4-6-8-14/h4-10H,1-3H3. The molecule has 21 heavy (non-hydrogen) atoms. The van der Waals surface area contributed by atoms with Crippen LogP contribution < -0.4 is 0 Å². The van der Waals surface area contributed by atoms with E-state index < -0.39 is 0 Å². The summed E-state index contributed by atoms with van der Waals surface area (Å²) in [4.78, 5) is 4.60. The maximum Gasteiger partial charge on any atom is 0.163 e. The molecule has 106 valence electrons. The van der Waals surface area contributed by atoms with Gasteiger partial charge in [0.05, 0.1) is 5.69 Å². The van der Waals surface area contributed by atoms with Crippen LogP contribution >= 0.6 is 15.9 Å². The quantitative estimate of drug-likeness (QED) is 0.680. The molecule has 0 unspecified atom stereocenters. The van der Waals surface area contributed by atoms with Crippen LogP contribution in [0.2, 0.25) is 0 Å². The molecule has 2 aromatic carbocycles. The summed E-state index contributed by atoms with van der Waals surface area (Å²) >= 11 is 3.54. The summed E-state index contributed by atoms with van der Waals surface area (Å²) in [6.07, 6.45) is 0. The van der Waals surface area contributed by atoms with Gasteiger partial charge in [-0.05, 0) is 44.0 Å². The number of benzene rings is 2. The molecule has 0 spiro atoms. The number of rotatable bonds is 2. The van der Waals surface area contributed by atoms with Crippen molar-refractivity contribution < 1.29 is 0 Å². The summed E-state index contributed by atoms with van der Waals surface area (Å²) in [7, 11) is 0. The zero-order valence-corrected chi connectivity index (χ0v) is 13.8. The van der Waals surface area contributed by atoms with Crippen molar-refractivity contribution in [3.05, 3.63) is 63.9 Å². The zero-order valence-electron chi connectivity index (χ0n) is 12.3. The van der Waals surface area contributed by atoms with Crippen LogP contribution in [0.5, 0.6) is 0 Å². The van der Waals surface area contributed by atoms with Crippen molar-refractivity contribution in [1.82, 2.24) is 14.8 Å². The minimum absolute atomic E-state index is 0.774. The summed E-state index contributed by atoms with van der Waals surface area (Å²) in [6, 6.07) is 14.4. The fourth-order valence-corrected chi connectivity index (χ4v) is 3.27. The highest BCUT2D eigenvalue weighted by Gasteiger charge is 2.15. The Morgan fingerprint density at radius 2 is 1.57 bits per heavy atom. The molecule has 0 saturated carbocycles. The van der Waals surface area contributed by atoms with Gasteiger partial charge in [0.15, 0.2) is 5.82 Å². The fraction of sp³-hybridized carbons (Fsp3) is 0.176. The average molecular weight is 342 g/mol. The Morgan fingerprint density at radius 3 is 2.19 bits per heavy atom. The lowest BCUT2D eigenvalue weighted by atomic mass is 10.1. The van der Waals surface area contributed by atoms with E-state index >= 15 is 0 Å². The zero-order chi connectivity index (χ0) is 15.0. The normalized spacial score (nSPS) is 10.9. The molecule has 0 aliphatic carbocycles. The van der Waals surface area contributed by atoms with Crippen LogP contribution in [0.25, 0.3) is 17.1 Å². The molecule has 3 nitrogen and oxygen atoms in total. The van der Waals surface area contributed by atoms with E-state index in [1.54, 1.807) is 0 Å². The minimum atomic E-state index is 0.774. The second-order valence-electron chi connectivity index (χ2n) is 5.15. The van der Waals surface area contributed by atoms with E-state index in [9.17, 15) is 0 Å². The summed E-state index contributed by atoms with van der Waals surface area (Å²) < 4.78 is 3.03. The summed E-state index contributed by atoms with van der Waals surface area (Å²) in [5, 5.41) is 4.60. The molecule has 0 aliphatic rings. The highest BCUT2D eigenvalue weighted by molar-refractivity contribution is 9.10. The molecule has 1 aromatic heterocycles. The van der Waals surface area contributed by atoms with Crippen LogP contribution in [0.3, 0.4) is 0 Å². The topological polar surface area (TPSA) is 30.7 Å². The van der Waals surface area contributed by atoms with E-state index in [-0.39, 0.29) is 0 Å². The Hall–Kier alpha value is -1.94. The third-order valence-electron chi connectivity index (χ3n) is 3.41. The molecule has 0 bridgehead atoms. The third kappa shape index (κ3) is 2.63. The van der Waals surface area contributed by atoms with Crippen molar-refractivity contribution in [3.8, 4) is 17.1 Å². The predicted octanol–water partition coefficient (Wildman–Crippen LogP) is 4.62. The molecular formula is C17H16BrN3. The summed E-state index contributed by atoms with van der Waals surface area (Å²) in [6.45, 7) is 6.12. The maximum atomic E-state index is 4.60. The van der Waals surface area contributed by atoms with E-state index in [1.165, 1.54) is 11.1 Å². The first-order valence-electron chi connectivity index (χ1n) is 6.82. The first-order valence-corrected chi connectivity index (χ1v) is 7.62. The number of hydrogen-bond donors (Lipinski definition) is 0. The fourth-order valence-electron chi connectivity index (χ4n) is 2.58. The Balaban J connectivity index is 2.26. The molecule has 0 amide bonds. The van der Waals surface area contributed by atoms with E-state index in [4.69, 9.17) is 0 Å². The minimum Gasteiger partial charge on any atom is -0.212 e. The van der Waals surface area contributed by atoms with E-state index in [1.807, 2.05) is 29.8 Å². The molecule has 0 radical (unpaired) electrons. The first kappa shape index (κ1) is 14.0. The van der Waals surface area contributed by atoms with E-state index in [0.29, 0.717) is 0 Å². The van der Waals surface area contributed by atoms with Crippen molar-refractivity contribution in [2.45, 2.75) is 20.8 Å². The van der Waals surface area contributed by atoms with Gasteiger partial charge in [-0.25, -0.2) is 9.67 Å². The molecule has 0 saturated heterocycles. The van der Waals surface area contributed by atoms with Crippen molar-refractivity contribution in [2.75, 3.05) is 0 Å². The van der Waals surface area contributed by atoms with Gasteiger partial charge in [-0.1, -0.05) is 46.3 Å². The summed E-state index contributed by atoms with van der Waals surface area (Å²) in [5.74, 6) is 1.65. The van der Waals surface area contributed by atoms with Crippen LogP contribution in [0.15, 0.2) is 46.9 Å². The predicted molar refractivity (Wildman–Crippen MR) is 88.7 cm³/mol. The van der Waals surface area contributed by atoms with Gasteiger partial charge in [-0.2, -0.15) is 5.10 Å². The van der Waals surface area contributed by atoms with Gasteiger partial charge in [-0.3, -0.25) is 0 Å². The number of aromatic nitrogens is 3. The number of halogens is 1. The third-order valence-corrected chi connectivity index (χ3v) is 3.87. The van der Waals surface area contributed by atoms with Gasteiger partial charge < -0.3 is 0 Å². The molecule has 0 N–H and O–H groups in total. The Bertz CT molecular complexity index is 768. The van der Waals surface area contributed by atoms with Crippen molar-refractivity contribution >= 4 is 15.9 Å². The Kier molecular flexibility index (Phi) is 3.64. The van der Waals surface area contributed by atoms with Gasteiger partial charge in [0.25, 0.3) is 0 Å². The highest BCUT2D eigenvalue weighted by atomic mass is 79.9.